The number of ether oxygens (including phenoxy) is 2. The smallest absolute Gasteiger partial charge is 0.222 e. The van der Waals surface area contributed by atoms with Crippen molar-refractivity contribution >= 4 is 5.91 Å². The fraction of sp³-hybridized carbons (Fsp3) is 0.933. The quantitative estimate of drug-likeness (QED) is 0.625. The van der Waals surface area contributed by atoms with E-state index < -0.39 is 6.10 Å². The van der Waals surface area contributed by atoms with Crippen molar-refractivity contribution in [2.24, 2.45) is 0 Å². The first kappa shape index (κ1) is 16.7. The van der Waals surface area contributed by atoms with Crippen molar-refractivity contribution in [1.82, 2.24) is 10.6 Å². The molecular weight excluding hydrogens is 272 g/mol. The Labute approximate surface area is 126 Å². The van der Waals surface area contributed by atoms with E-state index in [0.29, 0.717) is 32.0 Å². The van der Waals surface area contributed by atoms with E-state index in [0.717, 1.165) is 6.42 Å². The van der Waals surface area contributed by atoms with Crippen molar-refractivity contribution in [3.8, 4) is 0 Å². The van der Waals surface area contributed by atoms with Crippen LogP contribution in [-0.4, -0.2) is 60.7 Å². The third-order valence-corrected chi connectivity index (χ3v) is 3.99. The van der Waals surface area contributed by atoms with Gasteiger partial charge in [-0.3, -0.25) is 4.79 Å². The minimum atomic E-state index is -0.620. The summed E-state index contributed by atoms with van der Waals surface area (Å²) in [6.07, 6.45) is 0.565. The molecule has 2 rings (SSSR count). The lowest BCUT2D eigenvalue weighted by Gasteiger charge is -2.21. The molecule has 0 aromatic carbocycles. The zero-order valence-corrected chi connectivity index (χ0v) is 13.2. The third-order valence-electron chi connectivity index (χ3n) is 3.99. The van der Waals surface area contributed by atoms with Crippen LogP contribution in [0, 0.1) is 0 Å². The summed E-state index contributed by atoms with van der Waals surface area (Å²) in [4.78, 5) is 11.7. The van der Waals surface area contributed by atoms with E-state index in [1.54, 1.807) is 0 Å². The number of fused-ring (bicyclic) bond motifs is 1. The molecule has 0 bridgehead atoms. The van der Waals surface area contributed by atoms with Crippen LogP contribution >= 0.6 is 0 Å². The Balaban J connectivity index is 1.76. The molecule has 0 spiro atoms. The van der Waals surface area contributed by atoms with Crippen LogP contribution in [0.4, 0.5) is 0 Å². The van der Waals surface area contributed by atoms with Crippen molar-refractivity contribution in [3.63, 3.8) is 0 Å². The molecule has 2 aliphatic rings. The standard InChI is InChI=1S/C15H28N2O4/c1-4-5-16-13(18)7-10-6-11-15(20-10)14(19)12(21-11)8-17-9(2)3/h9-12,14-15,17,19H,4-8H2,1-3H3,(H,16,18)/t10-,11+,12+,14+,15-/m0/s1. The van der Waals surface area contributed by atoms with E-state index in [9.17, 15) is 9.90 Å². The largest absolute Gasteiger partial charge is 0.388 e. The van der Waals surface area contributed by atoms with Crippen LogP contribution in [0.5, 0.6) is 0 Å². The molecule has 0 aromatic heterocycles. The predicted molar refractivity (Wildman–Crippen MR) is 79.0 cm³/mol. The Morgan fingerprint density at radius 1 is 1.38 bits per heavy atom. The van der Waals surface area contributed by atoms with Crippen molar-refractivity contribution in [2.75, 3.05) is 13.1 Å². The van der Waals surface area contributed by atoms with Crippen LogP contribution in [0.2, 0.25) is 0 Å². The number of amides is 1. The molecule has 6 heteroatoms. The van der Waals surface area contributed by atoms with E-state index in [-0.39, 0.29) is 30.3 Å². The number of rotatable bonds is 7. The molecular formula is C15H28N2O4. The van der Waals surface area contributed by atoms with Gasteiger partial charge in [0.15, 0.2) is 0 Å². The maximum Gasteiger partial charge on any atom is 0.222 e. The van der Waals surface area contributed by atoms with E-state index in [1.807, 2.05) is 6.92 Å². The molecule has 2 heterocycles. The van der Waals surface area contributed by atoms with Crippen LogP contribution in [0.1, 0.15) is 40.0 Å². The summed E-state index contributed by atoms with van der Waals surface area (Å²) in [5.74, 6) is 0.00865. The molecule has 122 valence electrons. The maximum absolute atomic E-state index is 11.7. The highest BCUT2D eigenvalue weighted by atomic mass is 16.6. The van der Waals surface area contributed by atoms with E-state index in [1.165, 1.54) is 0 Å². The summed E-state index contributed by atoms with van der Waals surface area (Å²) in [6.45, 7) is 7.46. The number of aliphatic hydroxyl groups is 1. The van der Waals surface area contributed by atoms with Gasteiger partial charge in [0, 0.05) is 25.6 Å². The van der Waals surface area contributed by atoms with Crippen molar-refractivity contribution in [3.05, 3.63) is 0 Å². The lowest BCUT2D eigenvalue weighted by molar-refractivity contribution is -0.124. The van der Waals surface area contributed by atoms with Gasteiger partial charge >= 0.3 is 0 Å². The van der Waals surface area contributed by atoms with E-state index in [4.69, 9.17) is 9.47 Å². The second-order valence-corrected chi connectivity index (χ2v) is 6.28. The van der Waals surface area contributed by atoms with Gasteiger partial charge in [-0.25, -0.2) is 0 Å². The molecule has 21 heavy (non-hydrogen) atoms. The van der Waals surface area contributed by atoms with Gasteiger partial charge in [0.1, 0.15) is 12.2 Å². The molecule has 0 radical (unpaired) electrons. The van der Waals surface area contributed by atoms with Crippen molar-refractivity contribution in [1.29, 1.82) is 0 Å². The molecule has 2 aliphatic heterocycles. The Bertz CT molecular complexity index is 351. The number of nitrogens with one attached hydrogen (secondary N) is 2. The third kappa shape index (κ3) is 4.39. The Hall–Kier alpha value is -0.690. The molecule has 0 aliphatic carbocycles. The number of hydrogen-bond donors (Lipinski definition) is 3. The summed E-state index contributed by atoms with van der Waals surface area (Å²) in [7, 11) is 0. The fourth-order valence-electron chi connectivity index (χ4n) is 2.90. The normalized spacial score (nSPS) is 35.2. The lowest BCUT2D eigenvalue weighted by Crippen LogP contribution is -2.40. The van der Waals surface area contributed by atoms with Gasteiger partial charge in [-0.15, -0.1) is 0 Å². The molecule has 2 fully saturated rings. The number of carbonyl (C=O) groups excluding carboxylic acids is 1. The van der Waals surface area contributed by atoms with Gasteiger partial charge in [-0.2, -0.15) is 0 Å². The Morgan fingerprint density at radius 2 is 2.14 bits per heavy atom. The van der Waals surface area contributed by atoms with Gasteiger partial charge in [-0.1, -0.05) is 20.8 Å². The van der Waals surface area contributed by atoms with Crippen LogP contribution in [-0.2, 0) is 14.3 Å². The topological polar surface area (TPSA) is 79.8 Å². The molecule has 2 saturated heterocycles. The summed E-state index contributed by atoms with van der Waals surface area (Å²) >= 11 is 0. The minimum absolute atomic E-state index is 0.00865. The van der Waals surface area contributed by atoms with E-state index >= 15 is 0 Å². The first-order valence-corrected chi connectivity index (χ1v) is 8.00. The first-order chi connectivity index (χ1) is 10.0. The van der Waals surface area contributed by atoms with Gasteiger partial charge in [0.25, 0.3) is 0 Å². The molecule has 1 amide bonds. The van der Waals surface area contributed by atoms with Crippen LogP contribution < -0.4 is 10.6 Å². The highest BCUT2D eigenvalue weighted by Gasteiger charge is 2.50. The number of carbonyl (C=O) groups is 1. The molecule has 0 aromatic rings. The lowest BCUT2D eigenvalue weighted by atomic mass is 10.1. The fourth-order valence-corrected chi connectivity index (χ4v) is 2.90. The number of hydrogen-bond acceptors (Lipinski definition) is 5. The highest BCUT2D eigenvalue weighted by Crippen LogP contribution is 2.35. The zero-order chi connectivity index (χ0) is 15.4. The minimum Gasteiger partial charge on any atom is -0.388 e. The number of aliphatic hydroxyl groups excluding tert-OH is 1. The highest BCUT2D eigenvalue weighted by molar-refractivity contribution is 5.76. The van der Waals surface area contributed by atoms with Gasteiger partial charge in [0.2, 0.25) is 5.91 Å². The second kappa shape index (κ2) is 7.54. The average molecular weight is 300 g/mol. The van der Waals surface area contributed by atoms with Crippen LogP contribution in [0.15, 0.2) is 0 Å². The molecule has 0 unspecified atom stereocenters. The van der Waals surface area contributed by atoms with Gasteiger partial charge in [0.05, 0.1) is 24.7 Å². The SMILES string of the molecule is CCCNC(=O)C[C@@H]1C[C@H]2O[C@H](CNC(C)C)[C@@H](O)[C@H]2O1. The summed E-state index contributed by atoms with van der Waals surface area (Å²) in [5, 5.41) is 16.4. The summed E-state index contributed by atoms with van der Waals surface area (Å²) < 4.78 is 11.7. The Kier molecular flexibility index (Phi) is 5.98. The summed E-state index contributed by atoms with van der Waals surface area (Å²) in [5.41, 5.74) is 0. The monoisotopic (exact) mass is 300 g/mol. The molecule has 6 nitrogen and oxygen atoms in total. The second-order valence-electron chi connectivity index (χ2n) is 6.28. The Morgan fingerprint density at radius 3 is 2.76 bits per heavy atom. The maximum atomic E-state index is 11.7. The van der Waals surface area contributed by atoms with Gasteiger partial charge < -0.3 is 25.2 Å². The van der Waals surface area contributed by atoms with Crippen molar-refractivity contribution < 1.29 is 19.4 Å². The van der Waals surface area contributed by atoms with Crippen LogP contribution in [0.3, 0.4) is 0 Å². The zero-order valence-electron chi connectivity index (χ0n) is 13.2. The molecule has 0 saturated carbocycles. The summed E-state index contributed by atoms with van der Waals surface area (Å²) in [6, 6.07) is 0.358. The van der Waals surface area contributed by atoms with E-state index in [2.05, 4.69) is 24.5 Å². The average Bonchev–Trinajstić information content (AvgIpc) is 2.94. The molecule has 5 atom stereocenters. The van der Waals surface area contributed by atoms with Crippen molar-refractivity contribution in [2.45, 2.75) is 76.6 Å². The predicted octanol–water partition coefficient (Wildman–Crippen LogP) is 0.187. The first-order valence-electron chi connectivity index (χ1n) is 8.00. The molecule has 3 N–H and O–H groups in total. The van der Waals surface area contributed by atoms with Gasteiger partial charge in [-0.05, 0) is 6.42 Å². The van der Waals surface area contributed by atoms with Crippen LogP contribution in [0.25, 0.3) is 0 Å².